The zero-order chi connectivity index (χ0) is 13.1. The molecule has 3 rings (SSSR count). The Labute approximate surface area is 114 Å². The van der Waals surface area contributed by atoms with Crippen molar-refractivity contribution in [3.8, 4) is 5.69 Å². The summed E-state index contributed by atoms with van der Waals surface area (Å²) in [5.41, 5.74) is 3.32. The summed E-state index contributed by atoms with van der Waals surface area (Å²) < 4.78 is 1.63. The van der Waals surface area contributed by atoms with Gasteiger partial charge in [-0.1, -0.05) is 0 Å². The Morgan fingerprint density at radius 2 is 2.05 bits per heavy atom. The lowest BCUT2D eigenvalue weighted by Gasteiger charge is -2.14. The number of tetrazole rings is 1. The molecule has 0 saturated carbocycles. The molecule has 0 aliphatic rings. The van der Waals surface area contributed by atoms with Gasteiger partial charge in [-0.2, -0.15) is 11.3 Å². The third-order valence-electron chi connectivity index (χ3n) is 2.91. The van der Waals surface area contributed by atoms with Crippen molar-refractivity contribution in [2.75, 3.05) is 5.32 Å². The maximum Gasteiger partial charge on any atom is 0.143 e. The van der Waals surface area contributed by atoms with Gasteiger partial charge in [-0.25, -0.2) is 4.68 Å². The van der Waals surface area contributed by atoms with Crippen LogP contribution in [0.3, 0.4) is 0 Å². The van der Waals surface area contributed by atoms with Crippen molar-refractivity contribution in [2.24, 2.45) is 0 Å². The van der Waals surface area contributed by atoms with Crippen molar-refractivity contribution >= 4 is 17.0 Å². The van der Waals surface area contributed by atoms with E-state index in [2.05, 4.69) is 44.6 Å². The second kappa shape index (κ2) is 5.19. The molecule has 0 amide bonds. The van der Waals surface area contributed by atoms with E-state index in [1.165, 1.54) is 5.56 Å². The van der Waals surface area contributed by atoms with E-state index in [1.54, 1.807) is 22.3 Å². The van der Waals surface area contributed by atoms with E-state index in [-0.39, 0.29) is 0 Å². The van der Waals surface area contributed by atoms with Crippen LogP contribution in [0.25, 0.3) is 5.69 Å². The minimum Gasteiger partial charge on any atom is -0.378 e. The topological polar surface area (TPSA) is 55.6 Å². The molecule has 1 unspecified atom stereocenters. The molecule has 1 atom stereocenters. The fraction of sp³-hybridized carbons (Fsp3) is 0.154. The Bertz CT molecular complexity index is 616. The molecule has 5 nitrogen and oxygen atoms in total. The number of nitrogens with one attached hydrogen (secondary N) is 1. The van der Waals surface area contributed by atoms with Crippen LogP contribution in [0.2, 0.25) is 0 Å². The van der Waals surface area contributed by atoms with Crippen molar-refractivity contribution < 1.29 is 0 Å². The Morgan fingerprint density at radius 3 is 2.68 bits per heavy atom. The number of hydrogen-bond donors (Lipinski definition) is 1. The summed E-state index contributed by atoms with van der Waals surface area (Å²) in [6, 6.07) is 10.5. The van der Waals surface area contributed by atoms with Gasteiger partial charge >= 0.3 is 0 Å². The summed E-state index contributed by atoms with van der Waals surface area (Å²) >= 11 is 1.71. The molecule has 0 radical (unpaired) electrons. The number of aromatic nitrogens is 4. The van der Waals surface area contributed by atoms with Gasteiger partial charge in [0, 0.05) is 11.7 Å². The van der Waals surface area contributed by atoms with Crippen LogP contribution >= 0.6 is 11.3 Å². The summed E-state index contributed by atoms with van der Waals surface area (Å²) in [7, 11) is 0. The highest BCUT2D eigenvalue weighted by molar-refractivity contribution is 7.07. The molecule has 6 heteroatoms. The van der Waals surface area contributed by atoms with Gasteiger partial charge < -0.3 is 5.32 Å². The number of rotatable bonds is 4. The third kappa shape index (κ3) is 2.63. The van der Waals surface area contributed by atoms with Gasteiger partial charge in [-0.15, -0.1) is 5.10 Å². The zero-order valence-corrected chi connectivity index (χ0v) is 11.2. The molecule has 0 aliphatic heterocycles. The normalized spacial score (nSPS) is 12.3. The van der Waals surface area contributed by atoms with Gasteiger partial charge in [0.2, 0.25) is 0 Å². The molecule has 1 aromatic carbocycles. The molecule has 0 fully saturated rings. The highest BCUT2D eigenvalue weighted by Gasteiger charge is 2.05. The lowest BCUT2D eigenvalue weighted by Crippen LogP contribution is -2.05. The lowest BCUT2D eigenvalue weighted by atomic mass is 10.1. The van der Waals surface area contributed by atoms with Gasteiger partial charge in [-0.05, 0) is 64.0 Å². The predicted molar refractivity (Wildman–Crippen MR) is 75.5 cm³/mol. The fourth-order valence-electron chi connectivity index (χ4n) is 1.84. The van der Waals surface area contributed by atoms with E-state index in [4.69, 9.17) is 0 Å². The maximum atomic E-state index is 3.85. The van der Waals surface area contributed by atoms with Crippen LogP contribution in [0.15, 0.2) is 47.4 Å². The fourth-order valence-corrected chi connectivity index (χ4v) is 2.60. The summed E-state index contributed by atoms with van der Waals surface area (Å²) in [6.07, 6.45) is 1.58. The van der Waals surface area contributed by atoms with Gasteiger partial charge in [0.1, 0.15) is 6.33 Å². The molecule has 0 bridgehead atoms. The van der Waals surface area contributed by atoms with Crippen LogP contribution in [0.4, 0.5) is 5.69 Å². The third-order valence-corrected chi connectivity index (χ3v) is 3.61. The predicted octanol–water partition coefficient (Wildman–Crippen LogP) is 2.90. The van der Waals surface area contributed by atoms with Crippen LogP contribution in [-0.4, -0.2) is 20.2 Å². The summed E-state index contributed by atoms with van der Waals surface area (Å²) in [4.78, 5) is 0. The molecule has 0 aliphatic carbocycles. The summed E-state index contributed by atoms with van der Waals surface area (Å²) in [5.74, 6) is 0. The first-order chi connectivity index (χ1) is 9.33. The van der Waals surface area contributed by atoms with Crippen LogP contribution in [-0.2, 0) is 0 Å². The first-order valence-electron chi connectivity index (χ1n) is 5.95. The van der Waals surface area contributed by atoms with Crippen molar-refractivity contribution in [1.82, 2.24) is 20.2 Å². The molecule has 2 aromatic heterocycles. The molecule has 0 spiro atoms. The average molecular weight is 271 g/mol. The summed E-state index contributed by atoms with van der Waals surface area (Å²) in [5, 5.41) is 18.8. The number of anilines is 1. The zero-order valence-electron chi connectivity index (χ0n) is 10.4. The Balaban J connectivity index is 1.73. The SMILES string of the molecule is CC(Nc1ccc(-n2cnnn2)cc1)c1ccsc1. The number of nitrogens with zero attached hydrogens (tertiary/aromatic N) is 4. The smallest absolute Gasteiger partial charge is 0.143 e. The monoisotopic (exact) mass is 271 g/mol. The van der Waals surface area contributed by atoms with E-state index in [9.17, 15) is 0 Å². The lowest BCUT2D eigenvalue weighted by molar-refractivity contribution is 0.789. The van der Waals surface area contributed by atoms with Gasteiger partial charge in [0.05, 0.1) is 5.69 Å². The van der Waals surface area contributed by atoms with Crippen LogP contribution in [0.5, 0.6) is 0 Å². The largest absolute Gasteiger partial charge is 0.378 e. The van der Waals surface area contributed by atoms with Crippen molar-refractivity contribution in [1.29, 1.82) is 0 Å². The molecular formula is C13H13N5S. The first-order valence-corrected chi connectivity index (χ1v) is 6.89. The van der Waals surface area contributed by atoms with Crippen molar-refractivity contribution in [3.05, 3.63) is 53.0 Å². The van der Waals surface area contributed by atoms with Crippen LogP contribution in [0.1, 0.15) is 18.5 Å². The number of benzene rings is 1. The van der Waals surface area contributed by atoms with E-state index in [0.29, 0.717) is 6.04 Å². The summed E-state index contributed by atoms with van der Waals surface area (Å²) in [6.45, 7) is 2.15. The van der Waals surface area contributed by atoms with Gasteiger partial charge in [-0.3, -0.25) is 0 Å². The van der Waals surface area contributed by atoms with Crippen molar-refractivity contribution in [3.63, 3.8) is 0 Å². The van der Waals surface area contributed by atoms with Gasteiger partial charge in [0.15, 0.2) is 0 Å². The maximum absolute atomic E-state index is 3.85. The number of thiophene rings is 1. The Kier molecular flexibility index (Phi) is 3.24. The molecule has 2 heterocycles. The Hall–Kier alpha value is -2.21. The highest BCUT2D eigenvalue weighted by Crippen LogP contribution is 2.21. The molecule has 0 saturated heterocycles. The first kappa shape index (κ1) is 11.9. The molecule has 19 heavy (non-hydrogen) atoms. The van der Waals surface area contributed by atoms with Crippen LogP contribution in [0, 0.1) is 0 Å². The molecule has 96 valence electrons. The second-order valence-electron chi connectivity index (χ2n) is 4.22. The number of hydrogen-bond acceptors (Lipinski definition) is 5. The Morgan fingerprint density at radius 1 is 1.21 bits per heavy atom. The molecular weight excluding hydrogens is 258 g/mol. The van der Waals surface area contributed by atoms with E-state index in [0.717, 1.165) is 11.4 Å². The van der Waals surface area contributed by atoms with Gasteiger partial charge in [0.25, 0.3) is 0 Å². The average Bonchev–Trinajstić information content (AvgIpc) is 3.13. The van der Waals surface area contributed by atoms with E-state index < -0.39 is 0 Å². The van der Waals surface area contributed by atoms with Crippen molar-refractivity contribution in [2.45, 2.75) is 13.0 Å². The molecule has 3 aromatic rings. The minimum atomic E-state index is 0.296. The minimum absolute atomic E-state index is 0.296. The highest BCUT2D eigenvalue weighted by atomic mass is 32.1. The quantitative estimate of drug-likeness (QED) is 0.792. The van der Waals surface area contributed by atoms with E-state index in [1.807, 2.05) is 24.3 Å². The van der Waals surface area contributed by atoms with E-state index >= 15 is 0 Å². The molecule has 1 N–H and O–H groups in total. The standard InChI is InChI=1S/C13H13N5S/c1-10(11-6-7-19-8-11)15-12-2-4-13(5-3-12)18-9-14-16-17-18/h2-10,15H,1H3. The van der Waals surface area contributed by atoms with Crippen LogP contribution < -0.4 is 5.32 Å². The second-order valence-corrected chi connectivity index (χ2v) is 5.00.